The van der Waals surface area contributed by atoms with Crippen LogP contribution in [-0.4, -0.2) is 11.6 Å². The van der Waals surface area contributed by atoms with Crippen molar-refractivity contribution in [2.75, 3.05) is 6.61 Å². The van der Waals surface area contributed by atoms with E-state index in [2.05, 4.69) is 11.1 Å². The summed E-state index contributed by atoms with van der Waals surface area (Å²) < 4.78 is 11.7. The molecule has 4 nitrogen and oxygen atoms in total. The highest BCUT2D eigenvalue weighted by Crippen LogP contribution is 2.37. The van der Waals surface area contributed by atoms with Gasteiger partial charge < -0.3 is 9.47 Å². The molecule has 94 valence electrons. The van der Waals surface area contributed by atoms with Gasteiger partial charge in [-0.3, -0.25) is 0 Å². The third kappa shape index (κ3) is 2.00. The van der Waals surface area contributed by atoms with Crippen molar-refractivity contribution in [1.82, 2.24) is 4.98 Å². The largest absolute Gasteiger partial charge is 0.483 e. The molecule has 0 radical (unpaired) electrons. The molecule has 1 aromatic heterocycles. The van der Waals surface area contributed by atoms with Crippen molar-refractivity contribution in [3.8, 4) is 17.7 Å². The van der Waals surface area contributed by atoms with E-state index in [4.69, 9.17) is 14.7 Å². The summed E-state index contributed by atoms with van der Waals surface area (Å²) in [4.78, 5) is 4.17. The summed E-state index contributed by atoms with van der Waals surface area (Å²) in [6, 6.07) is 13.1. The summed E-state index contributed by atoms with van der Waals surface area (Å²) in [7, 11) is 0. The van der Waals surface area contributed by atoms with Crippen LogP contribution in [0.3, 0.4) is 0 Å². The average molecular weight is 252 g/mol. The Kier molecular flexibility index (Phi) is 2.60. The smallest absolute Gasteiger partial charge is 0.258 e. The average Bonchev–Trinajstić information content (AvgIpc) is 2.47. The fourth-order valence-electron chi connectivity index (χ4n) is 2.08. The molecule has 0 N–H and O–H groups in total. The van der Waals surface area contributed by atoms with E-state index in [1.165, 1.54) is 0 Å². The topological polar surface area (TPSA) is 55.1 Å². The van der Waals surface area contributed by atoms with Crippen LogP contribution >= 0.6 is 0 Å². The molecule has 0 saturated carbocycles. The van der Waals surface area contributed by atoms with Gasteiger partial charge in [0.2, 0.25) is 0 Å². The number of ether oxygens (including phenoxy) is 2. The summed E-state index contributed by atoms with van der Waals surface area (Å²) >= 11 is 0. The maximum atomic E-state index is 8.97. The SMILES string of the molecule is C[C@@]1(c2cccc(C#N)c2)COc2cccnc2O1. The number of nitrogens with zero attached hydrogens (tertiary/aromatic N) is 2. The zero-order valence-electron chi connectivity index (χ0n) is 10.5. The maximum Gasteiger partial charge on any atom is 0.258 e. The lowest BCUT2D eigenvalue weighted by Gasteiger charge is -2.35. The van der Waals surface area contributed by atoms with E-state index in [0.717, 1.165) is 5.56 Å². The Hall–Kier alpha value is -2.54. The molecule has 0 fully saturated rings. The van der Waals surface area contributed by atoms with Gasteiger partial charge in [0.25, 0.3) is 5.88 Å². The molecular weight excluding hydrogens is 240 g/mol. The minimum Gasteiger partial charge on any atom is -0.483 e. The van der Waals surface area contributed by atoms with Gasteiger partial charge in [-0.1, -0.05) is 12.1 Å². The number of pyridine rings is 1. The second-order valence-corrected chi connectivity index (χ2v) is 4.62. The summed E-state index contributed by atoms with van der Waals surface area (Å²) in [5.41, 5.74) is 0.880. The first-order valence-electron chi connectivity index (χ1n) is 5.99. The van der Waals surface area contributed by atoms with Gasteiger partial charge >= 0.3 is 0 Å². The Labute approximate surface area is 111 Å². The molecule has 1 aromatic carbocycles. The highest BCUT2D eigenvalue weighted by Gasteiger charge is 2.35. The van der Waals surface area contributed by atoms with Crippen molar-refractivity contribution >= 4 is 0 Å². The van der Waals surface area contributed by atoms with Gasteiger partial charge in [-0.15, -0.1) is 0 Å². The molecule has 1 atom stereocenters. The Bertz CT molecular complexity index is 663. The monoisotopic (exact) mass is 252 g/mol. The molecule has 4 heteroatoms. The third-order valence-corrected chi connectivity index (χ3v) is 3.16. The van der Waals surface area contributed by atoms with Crippen molar-refractivity contribution in [3.63, 3.8) is 0 Å². The predicted molar refractivity (Wildman–Crippen MR) is 68.9 cm³/mol. The van der Waals surface area contributed by atoms with E-state index in [-0.39, 0.29) is 0 Å². The second-order valence-electron chi connectivity index (χ2n) is 4.62. The fraction of sp³-hybridized carbons (Fsp3) is 0.200. The molecule has 0 spiro atoms. The fourth-order valence-corrected chi connectivity index (χ4v) is 2.08. The van der Waals surface area contributed by atoms with Gasteiger partial charge in [0, 0.05) is 6.20 Å². The summed E-state index contributed by atoms with van der Waals surface area (Å²) in [6.45, 7) is 2.32. The van der Waals surface area contributed by atoms with E-state index in [1.807, 2.05) is 31.2 Å². The number of benzene rings is 1. The Morgan fingerprint density at radius 3 is 3.05 bits per heavy atom. The first kappa shape index (κ1) is 11.5. The number of rotatable bonds is 1. The van der Waals surface area contributed by atoms with Gasteiger partial charge in [0.05, 0.1) is 11.6 Å². The number of hydrogen-bond donors (Lipinski definition) is 0. The highest BCUT2D eigenvalue weighted by atomic mass is 16.6. The normalized spacial score (nSPS) is 20.6. The molecule has 1 aliphatic heterocycles. The number of aromatic nitrogens is 1. The van der Waals surface area contributed by atoms with Gasteiger partial charge in [-0.2, -0.15) is 5.26 Å². The van der Waals surface area contributed by atoms with E-state index in [9.17, 15) is 0 Å². The van der Waals surface area contributed by atoms with Crippen LogP contribution in [0, 0.1) is 11.3 Å². The number of nitriles is 1. The lowest BCUT2D eigenvalue weighted by molar-refractivity contribution is -0.00251. The zero-order valence-corrected chi connectivity index (χ0v) is 10.5. The molecule has 0 amide bonds. The van der Waals surface area contributed by atoms with Crippen LogP contribution < -0.4 is 9.47 Å². The Balaban J connectivity index is 1.99. The molecule has 3 rings (SSSR count). The summed E-state index contributed by atoms with van der Waals surface area (Å²) in [5.74, 6) is 1.13. The standard InChI is InChI=1S/C15H12N2O2/c1-15(12-5-2-4-11(8-12)9-16)10-18-13-6-3-7-17-14(13)19-15/h2-8H,10H2,1H3/t15-/m0/s1. The van der Waals surface area contributed by atoms with Gasteiger partial charge in [-0.05, 0) is 36.8 Å². The zero-order chi connectivity index (χ0) is 13.3. The van der Waals surface area contributed by atoms with Crippen LogP contribution in [0.5, 0.6) is 11.6 Å². The van der Waals surface area contributed by atoms with Crippen molar-refractivity contribution in [3.05, 3.63) is 53.7 Å². The number of fused-ring (bicyclic) bond motifs is 1. The quantitative estimate of drug-likeness (QED) is 0.783. The molecule has 0 aliphatic carbocycles. The van der Waals surface area contributed by atoms with Crippen LogP contribution in [0.4, 0.5) is 0 Å². The highest BCUT2D eigenvalue weighted by molar-refractivity contribution is 5.40. The lowest BCUT2D eigenvalue weighted by atomic mass is 9.94. The second kappa shape index (κ2) is 4.29. The third-order valence-electron chi connectivity index (χ3n) is 3.16. The van der Waals surface area contributed by atoms with Gasteiger partial charge in [0.1, 0.15) is 6.61 Å². The van der Waals surface area contributed by atoms with E-state index in [1.54, 1.807) is 18.3 Å². The predicted octanol–water partition coefficient (Wildman–Crippen LogP) is 2.64. The minimum absolute atomic E-state index is 0.389. The van der Waals surface area contributed by atoms with Gasteiger partial charge in [-0.25, -0.2) is 4.98 Å². The lowest BCUT2D eigenvalue weighted by Crippen LogP contribution is -2.39. The van der Waals surface area contributed by atoms with E-state index in [0.29, 0.717) is 23.8 Å². The van der Waals surface area contributed by atoms with Crippen molar-refractivity contribution in [2.24, 2.45) is 0 Å². The Morgan fingerprint density at radius 1 is 1.32 bits per heavy atom. The number of hydrogen-bond acceptors (Lipinski definition) is 4. The van der Waals surface area contributed by atoms with Crippen LogP contribution in [0.1, 0.15) is 18.1 Å². The molecule has 0 bridgehead atoms. The van der Waals surface area contributed by atoms with Gasteiger partial charge in [0.15, 0.2) is 11.4 Å². The van der Waals surface area contributed by atoms with E-state index >= 15 is 0 Å². The molecule has 0 saturated heterocycles. The summed E-state index contributed by atoms with van der Waals surface area (Å²) in [5, 5.41) is 8.97. The minimum atomic E-state index is -0.631. The Morgan fingerprint density at radius 2 is 2.21 bits per heavy atom. The van der Waals surface area contributed by atoms with Crippen molar-refractivity contribution in [1.29, 1.82) is 5.26 Å². The molecular formula is C15H12N2O2. The molecule has 19 heavy (non-hydrogen) atoms. The molecule has 1 aliphatic rings. The first-order chi connectivity index (χ1) is 9.21. The molecule has 0 unspecified atom stereocenters. The van der Waals surface area contributed by atoms with Crippen LogP contribution in [0.15, 0.2) is 42.6 Å². The summed E-state index contributed by atoms with van der Waals surface area (Å²) in [6.07, 6.45) is 1.67. The van der Waals surface area contributed by atoms with Crippen LogP contribution in [0.25, 0.3) is 0 Å². The van der Waals surface area contributed by atoms with Crippen molar-refractivity contribution < 1.29 is 9.47 Å². The first-order valence-corrected chi connectivity index (χ1v) is 5.99. The maximum absolute atomic E-state index is 8.97. The molecule has 2 aromatic rings. The van der Waals surface area contributed by atoms with Crippen LogP contribution in [0.2, 0.25) is 0 Å². The van der Waals surface area contributed by atoms with Crippen LogP contribution in [-0.2, 0) is 5.60 Å². The van der Waals surface area contributed by atoms with E-state index < -0.39 is 5.60 Å². The molecule has 2 heterocycles. The van der Waals surface area contributed by atoms with Crippen molar-refractivity contribution in [2.45, 2.75) is 12.5 Å².